The van der Waals surface area contributed by atoms with E-state index in [1.807, 2.05) is 0 Å². The minimum absolute atomic E-state index is 0.288. The molecule has 0 saturated carbocycles. The third-order valence-corrected chi connectivity index (χ3v) is 5.81. The maximum atomic E-state index is 11.3. The van der Waals surface area contributed by atoms with Gasteiger partial charge in [-0.1, -0.05) is 79.1 Å². The molecule has 0 aliphatic carbocycles. The second kappa shape index (κ2) is 13.9. The van der Waals surface area contributed by atoms with Gasteiger partial charge in [-0.2, -0.15) is 0 Å². The third-order valence-electron chi connectivity index (χ3n) is 5.81. The maximum absolute atomic E-state index is 11.3. The first-order valence-electron chi connectivity index (χ1n) is 11.3. The first kappa shape index (κ1) is 25.8. The number of carboxylic acid groups (broad SMARTS) is 2. The molecule has 0 spiro atoms. The van der Waals surface area contributed by atoms with Gasteiger partial charge in [0.05, 0.1) is 0 Å². The van der Waals surface area contributed by atoms with E-state index in [0.29, 0.717) is 24.7 Å². The molecule has 6 nitrogen and oxygen atoms in total. The van der Waals surface area contributed by atoms with Gasteiger partial charge in [0, 0.05) is 11.1 Å². The van der Waals surface area contributed by atoms with Crippen molar-refractivity contribution in [2.45, 2.75) is 91.9 Å². The molecule has 2 N–H and O–H groups in total. The Labute approximate surface area is 180 Å². The summed E-state index contributed by atoms with van der Waals surface area (Å²) in [5.41, 5.74) is 1.54. The van der Waals surface area contributed by atoms with E-state index in [1.165, 1.54) is 12.1 Å². The Morgan fingerprint density at radius 2 is 1.13 bits per heavy atom. The van der Waals surface area contributed by atoms with E-state index in [9.17, 15) is 19.8 Å². The molecule has 170 valence electrons. The number of benzene rings is 1. The van der Waals surface area contributed by atoms with Crippen LogP contribution in [-0.2, 0) is 12.8 Å². The molecule has 1 aromatic rings. The van der Waals surface area contributed by atoms with E-state index in [0.717, 1.165) is 62.5 Å². The first-order valence-corrected chi connectivity index (χ1v) is 11.3. The fraction of sp³-hybridized carbons (Fsp3) is 0.667. The molecule has 1 aromatic carbocycles. The third kappa shape index (κ3) is 8.64. The monoisotopic (exact) mass is 422 g/mol. The van der Waals surface area contributed by atoms with Gasteiger partial charge < -0.3 is 19.7 Å². The molecule has 0 bridgehead atoms. The van der Waals surface area contributed by atoms with Crippen LogP contribution in [0.15, 0.2) is 12.1 Å². The van der Waals surface area contributed by atoms with Gasteiger partial charge in [0.25, 0.3) is 0 Å². The average Bonchev–Trinajstić information content (AvgIpc) is 2.70. The predicted octanol–water partition coefficient (Wildman–Crippen LogP) is 7.32. The standard InChI is InChI=1S/C24H38O6/c1-5-9-11-17(7-3)15-19-20(16-18(8-4)12-10-6-2)22(30-24(27)28)14-13-21(19)29-23(25)26/h13-14,17-18H,5-12,15-16H2,1-4H3,(H,25,26)(H,27,28). The molecule has 2 unspecified atom stereocenters. The van der Waals surface area contributed by atoms with Gasteiger partial charge in [-0.25, -0.2) is 9.59 Å². The summed E-state index contributed by atoms with van der Waals surface area (Å²) in [6, 6.07) is 3.04. The van der Waals surface area contributed by atoms with Gasteiger partial charge in [-0.15, -0.1) is 0 Å². The van der Waals surface area contributed by atoms with Gasteiger partial charge in [-0.05, 0) is 36.8 Å². The van der Waals surface area contributed by atoms with Crippen LogP contribution in [0, 0.1) is 11.8 Å². The molecule has 0 aliphatic rings. The highest BCUT2D eigenvalue weighted by Crippen LogP contribution is 2.37. The minimum atomic E-state index is -1.37. The zero-order valence-electron chi connectivity index (χ0n) is 18.9. The molecule has 0 aliphatic heterocycles. The number of rotatable bonds is 14. The molecule has 0 saturated heterocycles. The van der Waals surface area contributed by atoms with Crippen LogP contribution in [-0.4, -0.2) is 22.5 Å². The quantitative estimate of drug-likeness (QED) is 0.241. The molecule has 1 rings (SSSR count). The minimum Gasteiger partial charge on any atom is -0.449 e. The van der Waals surface area contributed by atoms with Crippen molar-refractivity contribution in [3.8, 4) is 11.5 Å². The van der Waals surface area contributed by atoms with Gasteiger partial charge in [0.15, 0.2) is 0 Å². The lowest BCUT2D eigenvalue weighted by Gasteiger charge is -2.23. The first-order chi connectivity index (χ1) is 14.4. The molecule has 6 heteroatoms. The molecular weight excluding hydrogens is 384 g/mol. The highest BCUT2D eigenvalue weighted by molar-refractivity contribution is 5.66. The summed E-state index contributed by atoms with van der Waals surface area (Å²) in [5.74, 6) is 1.32. The molecule has 0 heterocycles. The van der Waals surface area contributed by atoms with Crippen molar-refractivity contribution < 1.29 is 29.3 Å². The van der Waals surface area contributed by atoms with Crippen molar-refractivity contribution in [3.63, 3.8) is 0 Å². The number of ether oxygens (including phenoxy) is 2. The smallest absolute Gasteiger partial charge is 0.449 e. The van der Waals surface area contributed by atoms with E-state index in [-0.39, 0.29) is 11.5 Å². The van der Waals surface area contributed by atoms with Gasteiger partial charge >= 0.3 is 12.3 Å². The van der Waals surface area contributed by atoms with Crippen molar-refractivity contribution in [2.24, 2.45) is 11.8 Å². The fourth-order valence-corrected chi connectivity index (χ4v) is 3.94. The molecular formula is C24H38O6. The Morgan fingerprint density at radius 1 is 0.767 bits per heavy atom. The topological polar surface area (TPSA) is 93.1 Å². The van der Waals surface area contributed by atoms with Crippen LogP contribution in [0.2, 0.25) is 0 Å². The van der Waals surface area contributed by atoms with Crippen LogP contribution in [0.1, 0.15) is 90.2 Å². The number of hydrogen-bond donors (Lipinski definition) is 2. The summed E-state index contributed by atoms with van der Waals surface area (Å²) >= 11 is 0. The van der Waals surface area contributed by atoms with Crippen molar-refractivity contribution in [2.75, 3.05) is 0 Å². The van der Waals surface area contributed by atoms with Crippen molar-refractivity contribution >= 4 is 12.3 Å². The van der Waals surface area contributed by atoms with Gasteiger partial charge in [-0.3, -0.25) is 0 Å². The van der Waals surface area contributed by atoms with Crippen LogP contribution in [0.4, 0.5) is 9.59 Å². The Kier molecular flexibility index (Phi) is 11.9. The summed E-state index contributed by atoms with van der Waals surface area (Å²) in [5, 5.41) is 18.5. The lowest BCUT2D eigenvalue weighted by atomic mass is 9.84. The summed E-state index contributed by atoms with van der Waals surface area (Å²) < 4.78 is 10.2. The maximum Gasteiger partial charge on any atom is 0.511 e. The molecule has 0 radical (unpaired) electrons. The van der Waals surface area contributed by atoms with Gasteiger partial charge in [0.2, 0.25) is 0 Å². The van der Waals surface area contributed by atoms with Crippen LogP contribution in [0.3, 0.4) is 0 Å². The second-order valence-corrected chi connectivity index (χ2v) is 8.00. The van der Waals surface area contributed by atoms with Crippen molar-refractivity contribution in [1.82, 2.24) is 0 Å². The summed E-state index contributed by atoms with van der Waals surface area (Å²) in [6.45, 7) is 8.56. The van der Waals surface area contributed by atoms with E-state index in [1.54, 1.807) is 0 Å². The van der Waals surface area contributed by atoms with Crippen LogP contribution >= 0.6 is 0 Å². The predicted molar refractivity (Wildman–Crippen MR) is 118 cm³/mol. The molecule has 30 heavy (non-hydrogen) atoms. The van der Waals surface area contributed by atoms with Crippen LogP contribution in [0.5, 0.6) is 11.5 Å². The van der Waals surface area contributed by atoms with Crippen LogP contribution < -0.4 is 9.47 Å². The second-order valence-electron chi connectivity index (χ2n) is 8.00. The average molecular weight is 423 g/mol. The van der Waals surface area contributed by atoms with E-state index < -0.39 is 12.3 Å². The number of unbranched alkanes of at least 4 members (excludes halogenated alkanes) is 2. The SMILES string of the molecule is CCCCC(CC)Cc1c(OC(=O)O)ccc(OC(=O)O)c1CC(CC)CCCC. The highest BCUT2D eigenvalue weighted by Gasteiger charge is 2.23. The van der Waals surface area contributed by atoms with E-state index >= 15 is 0 Å². The van der Waals surface area contributed by atoms with Crippen molar-refractivity contribution in [1.29, 1.82) is 0 Å². The summed E-state index contributed by atoms with van der Waals surface area (Å²) in [6.07, 6.45) is 6.95. The lowest BCUT2D eigenvalue weighted by Crippen LogP contribution is -2.15. The summed E-state index contributed by atoms with van der Waals surface area (Å²) in [4.78, 5) is 22.6. The Hall–Kier alpha value is -2.24. The van der Waals surface area contributed by atoms with Crippen LogP contribution in [0.25, 0.3) is 0 Å². The Balaban J connectivity index is 3.44. The summed E-state index contributed by atoms with van der Waals surface area (Å²) in [7, 11) is 0. The molecule has 0 fully saturated rings. The number of carbonyl (C=O) groups is 2. The Bertz CT molecular complexity index is 613. The zero-order chi connectivity index (χ0) is 22.5. The molecule has 0 amide bonds. The fourth-order valence-electron chi connectivity index (χ4n) is 3.94. The van der Waals surface area contributed by atoms with Gasteiger partial charge in [0.1, 0.15) is 11.5 Å². The van der Waals surface area contributed by atoms with E-state index in [2.05, 4.69) is 27.7 Å². The zero-order valence-corrected chi connectivity index (χ0v) is 18.9. The molecule has 0 aromatic heterocycles. The normalized spacial score (nSPS) is 12.9. The lowest BCUT2D eigenvalue weighted by molar-refractivity contribution is 0.140. The van der Waals surface area contributed by atoms with Crippen molar-refractivity contribution in [3.05, 3.63) is 23.3 Å². The molecule has 2 atom stereocenters. The Morgan fingerprint density at radius 3 is 1.40 bits per heavy atom. The number of hydrogen-bond acceptors (Lipinski definition) is 4. The largest absolute Gasteiger partial charge is 0.511 e. The van der Waals surface area contributed by atoms with E-state index in [4.69, 9.17) is 9.47 Å². The highest BCUT2D eigenvalue weighted by atomic mass is 16.7.